The van der Waals surface area contributed by atoms with Crippen LogP contribution in [0.25, 0.3) is 10.9 Å². The third-order valence-electron chi connectivity index (χ3n) is 3.16. The van der Waals surface area contributed by atoms with Crippen LogP contribution in [0.5, 0.6) is 0 Å². The molecule has 0 aliphatic heterocycles. The zero-order valence-corrected chi connectivity index (χ0v) is 11.4. The Balaban J connectivity index is 2.01. The van der Waals surface area contributed by atoms with Gasteiger partial charge in [-0.2, -0.15) is 0 Å². The summed E-state index contributed by atoms with van der Waals surface area (Å²) < 4.78 is 0. The highest BCUT2D eigenvalue weighted by atomic mass is 15.1. The minimum atomic E-state index is 0.502. The van der Waals surface area contributed by atoms with Crippen molar-refractivity contribution in [2.24, 2.45) is 0 Å². The minimum absolute atomic E-state index is 0.502. The molecule has 0 aliphatic rings. The molecule has 0 radical (unpaired) electrons. The van der Waals surface area contributed by atoms with E-state index in [1.54, 1.807) is 6.20 Å². The molecule has 0 aliphatic carbocycles. The number of pyridine rings is 1. The number of hydrogen-bond acceptors (Lipinski definition) is 5. The number of hydrogen-bond donors (Lipinski definition) is 2. The average molecular weight is 265 g/mol. The van der Waals surface area contributed by atoms with Crippen LogP contribution < -0.4 is 11.1 Å². The number of benzene rings is 1. The quantitative estimate of drug-likeness (QED) is 0.745. The highest BCUT2D eigenvalue weighted by molar-refractivity contribution is 5.83. The van der Waals surface area contributed by atoms with E-state index in [2.05, 4.69) is 20.3 Å². The van der Waals surface area contributed by atoms with Crippen LogP contribution >= 0.6 is 0 Å². The van der Waals surface area contributed by atoms with Gasteiger partial charge in [0.05, 0.1) is 5.52 Å². The van der Waals surface area contributed by atoms with Gasteiger partial charge in [-0.1, -0.05) is 6.07 Å². The molecular weight excluding hydrogens is 250 g/mol. The highest BCUT2D eigenvalue weighted by Gasteiger charge is 2.07. The number of fused-ring (bicyclic) bond motifs is 1. The van der Waals surface area contributed by atoms with Crippen LogP contribution in [0.15, 0.2) is 36.5 Å². The van der Waals surface area contributed by atoms with E-state index < -0.39 is 0 Å². The molecule has 0 saturated heterocycles. The Morgan fingerprint density at radius 1 is 1.10 bits per heavy atom. The lowest BCUT2D eigenvalue weighted by molar-refractivity contribution is 1.04. The van der Waals surface area contributed by atoms with E-state index in [9.17, 15) is 0 Å². The van der Waals surface area contributed by atoms with Crippen molar-refractivity contribution in [2.75, 3.05) is 11.1 Å². The van der Waals surface area contributed by atoms with Crippen LogP contribution in [-0.2, 0) is 0 Å². The summed E-state index contributed by atoms with van der Waals surface area (Å²) in [7, 11) is 0. The molecule has 0 saturated carbocycles. The van der Waals surface area contributed by atoms with Crippen molar-refractivity contribution < 1.29 is 0 Å². The average Bonchev–Trinajstić information content (AvgIpc) is 2.44. The number of nitrogens with zero attached hydrogens (tertiary/aromatic N) is 3. The maximum Gasteiger partial charge on any atom is 0.139 e. The summed E-state index contributed by atoms with van der Waals surface area (Å²) in [5, 5.41) is 4.36. The van der Waals surface area contributed by atoms with Crippen molar-refractivity contribution in [3.63, 3.8) is 0 Å². The maximum absolute atomic E-state index is 5.86. The Bertz CT molecular complexity index is 782. The summed E-state index contributed by atoms with van der Waals surface area (Å²) >= 11 is 0. The van der Waals surface area contributed by atoms with E-state index in [-0.39, 0.29) is 0 Å². The maximum atomic E-state index is 5.86. The van der Waals surface area contributed by atoms with Crippen molar-refractivity contribution in [1.29, 1.82) is 0 Å². The molecule has 3 rings (SSSR count). The fraction of sp³-hybridized carbons (Fsp3) is 0.133. The number of nitrogens with two attached hydrogens (primary N) is 1. The summed E-state index contributed by atoms with van der Waals surface area (Å²) in [6, 6.07) is 9.94. The summed E-state index contributed by atoms with van der Waals surface area (Å²) in [4.78, 5) is 12.8. The van der Waals surface area contributed by atoms with Crippen molar-refractivity contribution in [1.82, 2.24) is 15.0 Å². The summed E-state index contributed by atoms with van der Waals surface area (Å²) in [6.07, 6.45) is 1.79. The molecule has 3 N–H and O–H groups in total. The predicted octanol–water partition coefficient (Wildman–Crippen LogP) is 2.97. The number of rotatable bonds is 2. The summed E-state index contributed by atoms with van der Waals surface area (Å²) in [6.45, 7) is 3.73. The van der Waals surface area contributed by atoms with Gasteiger partial charge in [0, 0.05) is 22.8 Å². The molecule has 0 bridgehead atoms. The first-order valence-electron chi connectivity index (χ1n) is 6.36. The second-order valence-corrected chi connectivity index (χ2v) is 4.67. The Morgan fingerprint density at radius 2 is 1.95 bits per heavy atom. The van der Waals surface area contributed by atoms with Gasteiger partial charge in [0.1, 0.15) is 17.5 Å². The molecule has 20 heavy (non-hydrogen) atoms. The number of nitrogen functional groups attached to an aromatic ring is 1. The molecule has 2 heterocycles. The van der Waals surface area contributed by atoms with Gasteiger partial charge in [0.2, 0.25) is 0 Å². The summed E-state index contributed by atoms with van der Waals surface area (Å²) in [5.74, 6) is 1.89. The van der Waals surface area contributed by atoms with E-state index in [1.165, 1.54) is 0 Å². The molecule has 5 heteroatoms. The van der Waals surface area contributed by atoms with Crippen LogP contribution in [0.4, 0.5) is 17.3 Å². The van der Waals surface area contributed by atoms with E-state index in [0.29, 0.717) is 11.6 Å². The number of aromatic nitrogens is 3. The zero-order valence-electron chi connectivity index (χ0n) is 11.4. The zero-order chi connectivity index (χ0) is 14.1. The van der Waals surface area contributed by atoms with E-state index >= 15 is 0 Å². The van der Waals surface area contributed by atoms with Crippen LogP contribution in [0.3, 0.4) is 0 Å². The molecule has 0 atom stereocenters. The van der Waals surface area contributed by atoms with Crippen LogP contribution in [-0.4, -0.2) is 15.0 Å². The fourth-order valence-electron chi connectivity index (χ4n) is 2.06. The smallest absolute Gasteiger partial charge is 0.139 e. The Morgan fingerprint density at radius 3 is 2.80 bits per heavy atom. The Labute approximate surface area is 116 Å². The van der Waals surface area contributed by atoms with Crippen LogP contribution in [0.2, 0.25) is 0 Å². The van der Waals surface area contributed by atoms with Crippen molar-refractivity contribution in [3.8, 4) is 0 Å². The Kier molecular flexibility index (Phi) is 2.95. The van der Waals surface area contributed by atoms with Crippen molar-refractivity contribution >= 4 is 28.2 Å². The van der Waals surface area contributed by atoms with E-state index in [4.69, 9.17) is 5.73 Å². The molecule has 3 aromatic rings. The first kappa shape index (κ1) is 12.3. The van der Waals surface area contributed by atoms with E-state index in [0.717, 1.165) is 28.0 Å². The number of anilines is 3. The lowest BCUT2D eigenvalue weighted by atomic mass is 10.2. The second-order valence-electron chi connectivity index (χ2n) is 4.67. The van der Waals surface area contributed by atoms with Gasteiger partial charge in [-0.3, -0.25) is 4.98 Å². The lowest BCUT2D eigenvalue weighted by Gasteiger charge is -2.11. The molecule has 0 fully saturated rings. The van der Waals surface area contributed by atoms with Gasteiger partial charge < -0.3 is 11.1 Å². The first-order chi connectivity index (χ1) is 9.63. The number of aryl methyl sites for hydroxylation is 1. The topological polar surface area (TPSA) is 76.7 Å². The normalized spacial score (nSPS) is 10.7. The first-order valence-corrected chi connectivity index (χ1v) is 6.36. The van der Waals surface area contributed by atoms with Gasteiger partial charge in [0.15, 0.2) is 0 Å². The largest absolute Gasteiger partial charge is 0.383 e. The minimum Gasteiger partial charge on any atom is -0.383 e. The molecule has 100 valence electrons. The molecule has 0 amide bonds. The van der Waals surface area contributed by atoms with Gasteiger partial charge >= 0.3 is 0 Å². The predicted molar refractivity (Wildman–Crippen MR) is 80.9 cm³/mol. The van der Waals surface area contributed by atoms with E-state index in [1.807, 2.05) is 44.2 Å². The van der Waals surface area contributed by atoms with Crippen LogP contribution in [0, 0.1) is 13.8 Å². The molecule has 5 nitrogen and oxygen atoms in total. The monoisotopic (exact) mass is 265 g/mol. The molecule has 2 aromatic heterocycles. The van der Waals surface area contributed by atoms with Gasteiger partial charge in [-0.15, -0.1) is 0 Å². The number of nitrogens with one attached hydrogen (secondary N) is 1. The van der Waals surface area contributed by atoms with Gasteiger partial charge in [0.25, 0.3) is 0 Å². The molecule has 0 spiro atoms. The highest BCUT2D eigenvalue weighted by Crippen LogP contribution is 2.24. The SMILES string of the molecule is Cc1nc(N)c(C)c(Nc2ccc3ncccc3c2)n1. The lowest BCUT2D eigenvalue weighted by Crippen LogP contribution is -2.04. The van der Waals surface area contributed by atoms with Crippen LogP contribution in [0.1, 0.15) is 11.4 Å². The molecule has 0 unspecified atom stereocenters. The van der Waals surface area contributed by atoms with Gasteiger partial charge in [-0.05, 0) is 38.1 Å². The second kappa shape index (κ2) is 4.77. The summed E-state index contributed by atoms with van der Waals surface area (Å²) in [5.41, 5.74) is 8.63. The molecular formula is C15H15N5. The standard InChI is InChI=1S/C15H15N5/c1-9-14(16)18-10(2)19-15(9)20-12-5-6-13-11(8-12)4-3-7-17-13/h3-8H,1-2H3,(H3,16,18,19,20). The third kappa shape index (κ3) is 2.25. The van der Waals surface area contributed by atoms with Crippen molar-refractivity contribution in [3.05, 3.63) is 47.9 Å². The molecule has 1 aromatic carbocycles. The fourth-order valence-corrected chi connectivity index (χ4v) is 2.06. The Hall–Kier alpha value is -2.69. The van der Waals surface area contributed by atoms with Gasteiger partial charge in [-0.25, -0.2) is 9.97 Å². The third-order valence-corrected chi connectivity index (χ3v) is 3.16. The van der Waals surface area contributed by atoms with Crippen molar-refractivity contribution in [2.45, 2.75) is 13.8 Å².